The number of nitrogens with zero attached hydrogens (tertiary/aromatic N) is 2. The summed E-state index contributed by atoms with van der Waals surface area (Å²) in [4.78, 5) is 15.6. The van der Waals surface area contributed by atoms with Crippen LogP contribution >= 0.6 is 11.6 Å². The molecule has 35 heavy (non-hydrogen) atoms. The summed E-state index contributed by atoms with van der Waals surface area (Å²) >= 11 is 6.08. The maximum atomic E-state index is 13.7. The predicted molar refractivity (Wildman–Crippen MR) is 127 cm³/mol. The molecule has 3 aromatic carbocycles. The van der Waals surface area contributed by atoms with Crippen molar-refractivity contribution in [1.82, 2.24) is 9.55 Å². The van der Waals surface area contributed by atoms with Crippen LogP contribution in [0.25, 0.3) is 28.2 Å². The number of aromatic carboxylic acids is 1. The number of alkyl halides is 3. The fraction of sp³-hybridized carbons (Fsp3) is 0.154. The van der Waals surface area contributed by atoms with Crippen molar-refractivity contribution in [3.05, 3.63) is 94.8 Å². The van der Waals surface area contributed by atoms with E-state index < -0.39 is 17.7 Å². The Labute approximate surface area is 204 Å². The van der Waals surface area contributed by atoms with Crippen molar-refractivity contribution in [2.45, 2.75) is 19.0 Å². The van der Waals surface area contributed by atoms with E-state index in [1.54, 1.807) is 54.1 Å². The second-order valence-electron chi connectivity index (χ2n) is 8.03. The van der Waals surface area contributed by atoms with Crippen LogP contribution in [0.2, 0.25) is 5.02 Å². The maximum Gasteiger partial charge on any atom is 0.417 e. The average Bonchev–Trinajstić information content (AvgIpc) is 3.28. The minimum atomic E-state index is -4.57. The fourth-order valence-corrected chi connectivity index (χ4v) is 3.99. The van der Waals surface area contributed by atoms with Gasteiger partial charge in [-0.05, 0) is 41.5 Å². The molecule has 0 aliphatic heterocycles. The highest BCUT2D eigenvalue weighted by atomic mass is 35.5. The average molecular weight is 501 g/mol. The Balaban J connectivity index is 1.80. The van der Waals surface area contributed by atoms with Crippen molar-refractivity contribution in [3.8, 4) is 28.2 Å². The lowest BCUT2D eigenvalue weighted by Gasteiger charge is -2.14. The number of carboxylic acid groups (broad SMARTS) is 1. The van der Waals surface area contributed by atoms with Gasteiger partial charge in [0.05, 0.1) is 28.5 Å². The first kappa shape index (κ1) is 24.5. The number of aromatic nitrogens is 2. The first-order valence-electron chi connectivity index (χ1n) is 10.6. The molecule has 180 valence electrons. The molecule has 0 saturated heterocycles. The highest BCUT2D eigenvalue weighted by Gasteiger charge is 2.34. The van der Waals surface area contributed by atoms with Crippen LogP contribution in [-0.2, 0) is 6.18 Å². The second-order valence-corrected chi connectivity index (χ2v) is 8.44. The SMILES string of the molecule is CC(CO)c1cn(-c2ccc(-c3ccc(C(=O)O)c(Cl)c3)cc2)c(-c2ccccc2C(F)(F)F)n1. The topological polar surface area (TPSA) is 75.4 Å². The Kier molecular flexibility index (Phi) is 6.69. The molecule has 1 unspecified atom stereocenters. The highest BCUT2D eigenvalue weighted by molar-refractivity contribution is 6.33. The van der Waals surface area contributed by atoms with Gasteiger partial charge >= 0.3 is 12.1 Å². The van der Waals surface area contributed by atoms with Crippen LogP contribution in [0.3, 0.4) is 0 Å². The summed E-state index contributed by atoms with van der Waals surface area (Å²) in [7, 11) is 0. The fourth-order valence-electron chi connectivity index (χ4n) is 3.72. The third kappa shape index (κ3) is 4.94. The molecule has 5 nitrogen and oxygen atoms in total. The number of aliphatic hydroxyl groups is 1. The number of rotatable bonds is 6. The molecule has 0 aliphatic carbocycles. The lowest BCUT2D eigenvalue weighted by molar-refractivity contribution is -0.137. The Morgan fingerprint density at radius 3 is 2.31 bits per heavy atom. The van der Waals surface area contributed by atoms with Gasteiger partial charge in [0.1, 0.15) is 5.82 Å². The lowest BCUT2D eigenvalue weighted by Crippen LogP contribution is -2.09. The molecular formula is C26H20ClF3N2O3. The summed E-state index contributed by atoms with van der Waals surface area (Å²) in [6.07, 6.45) is -2.95. The van der Waals surface area contributed by atoms with Gasteiger partial charge in [0.25, 0.3) is 0 Å². The monoisotopic (exact) mass is 500 g/mol. The van der Waals surface area contributed by atoms with Gasteiger partial charge in [-0.15, -0.1) is 0 Å². The number of carbonyl (C=O) groups is 1. The summed E-state index contributed by atoms with van der Waals surface area (Å²) in [5.74, 6) is -1.39. The zero-order valence-electron chi connectivity index (χ0n) is 18.4. The van der Waals surface area contributed by atoms with Gasteiger partial charge < -0.3 is 10.2 Å². The standard InChI is InChI=1S/C26H20ClF3N2O3/c1-15(14-33)23-13-32(24(31-23)19-4-2-3-5-21(19)26(28,29)30)18-9-6-16(7-10-18)17-8-11-20(25(34)35)22(27)12-17/h2-13,15,33H,14H2,1H3,(H,34,35). The summed E-state index contributed by atoms with van der Waals surface area (Å²) in [6, 6.07) is 16.8. The number of hydrogen-bond donors (Lipinski definition) is 2. The van der Waals surface area contributed by atoms with Gasteiger partial charge in [-0.25, -0.2) is 9.78 Å². The number of benzene rings is 3. The molecule has 0 spiro atoms. The molecule has 4 aromatic rings. The number of hydrogen-bond acceptors (Lipinski definition) is 3. The molecule has 1 heterocycles. The van der Waals surface area contributed by atoms with E-state index in [0.29, 0.717) is 16.9 Å². The zero-order chi connectivity index (χ0) is 25.3. The van der Waals surface area contributed by atoms with Crippen LogP contribution in [0, 0.1) is 0 Å². The van der Waals surface area contributed by atoms with E-state index in [0.717, 1.165) is 11.6 Å². The molecule has 1 aromatic heterocycles. The van der Waals surface area contributed by atoms with Crippen LogP contribution in [0.1, 0.15) is 34.5 Å². The normalized spacial score (nSPS) is 12.5. The Morgan fingerprint density at radius 1 is 1.06 bits per heavy atom. The smallest absolute Gasteiger partial charge is 0.417 e. The lowest BCUT2D eigenvalue weighted by atomic mass is 10.0. The van der Waals surface area contributed by atoms with E-state index in [2.05, 4.69) is 4.98 Å². The van der Waals surface area contributed by atoms with E-state index in [1.807, 2.05) is 0 Å². The number of carboxylic acids is 1. The minimum absolute atomic E-state index is 0.0102. The largest absolute Gasteiger partial charge is 0.478 e. The van der Waals surface area contributed by atoms with Gasteiger partial charge in [0, 0.05) is 23.4 Å². The van der Waals surface area contributed by atoms with Gasteiger partial charge in [-0.3, -0.25) is 4.57 Å². The summed E-state index contributed by atoms with van der Waals surface area (Å²) in [6.45, 7) is 1.53. The van der Waals surface area contributed by atoms with Gasteiger partial charge in [-0.2, -0.15) is 13.2 Å². The van der Waals surface area contributed by atoms with E-state index in [1.165, 1.54) is 24.3 Å². The van der Waals surface area contributed by atoms with E-state index in [4.69, 9.17) is 16.7 Å². The van der Waals surface area contributed by atoms with Crippen molar-refractivity contribution in [3.63, 3.8) is 0 Å². The van der Waals surface area contributed by atoms with Crippen molar-refractivity contribution in [2.24, 2.45) is 0 Å². The van der Waals surface area contributed by atoms with Crippen LogP contribution in [0.4, 0.5) is 13.2 Å². The van der Waals surface area contributed by atoms with Crippen molar-refractivity contribution < 1.29 is 28.2 Å². The molecule has 4 rings (SSSR count). The van der Waals surface area contributed by atoms with Crippen molar-refractivity contribution in [1.29, 1.82) is 0 Å². The molecule has 0 bridgehead atoms. The van der Waals surface area contributed by atoms with Crippen LogP contribution in [-0.4, -0.2) is 32.3 Å². The molecule has 0 radical (unpaired) electrons. The Morgan fingerprint density at radius 2 is 1.71 bits per heavy atom. The second kappa shape index (κ2) is 9.56. The molecule has 0 amide bonds. The molecule has 9 heteroatoms. The molecule has 0 saturated carbocycles. The third-order valence-electron chi connectivity index (χ3n) is 5.65. The Bertz CT molecular complexity index is 1380. The molecule has 2 N–H and O–H groups in total. The number of halogens is 4. The predicted octanol–water partition coefficient (Wildman–Crippen LogP) is 6.67. The third-order valence-corrected chi connectivity index (χ3v) is 5.97. The van der Waals surface area contributed by atoms with Crippen LogP contribution in [0.5, 0.6) is 0 Å². The van der Waals surface area contributed by atoms with Gasteiger partial charge in [-0.1, -0.05) is 54.9 Å². The zero-order valence-corrected chi connectivity index (χ0v) is 19.2. The van der Waals surface area contributed by atoms with E-state index in [-0.39, 0.29) is 34.5 Å². The van der Waals surface area contributed by atoms with Crippen molar-refractivity contribution >= 4 is 17.6 Å². The number of imidazole rings is 1. The number of aliphatic hydroxyl groups excluding tert-OH is 1. The van der Waals surface area contributed by atoms with E-state index >= 15 is 0 Å². The first-order chi connectivity index (χ1) is 16.6. The maximum absolute atomic E-state index is 13.7. The Hall–Kier alpha value is -3.62. The van der Waals surface area contributed by atoms with Crippen LogP contribution < -0.4 is 0 Å². The first-order valence-corrected chi connectivity index (χ1v) is 11.0. The quantitative estimate of drug-likeness (QED) is 0.310. The highest BCUT2D eigenvalue weighted by Crippen LogP contribution is 2.38. The van der Waals surface area contributed by atoms with Crippen LogP contribution in [0.15, 0.2) is 72.9 Å². The summed E-state index contributed by atoms with van der Waals surface area (Å²) in [5.41, 5.74) is 1.57. The van der Waals surface area contributed by atoms with Crippen molar-refractivity contribution in [2.75, 3.05) is 6.61 Å². The molecule has 0 aliphatic rings. The molecule has 1 atom stereocenters. The molecular weight excluding hydrogens is 481 g/mol. The van der Waals surface area contributed by atoms with E-state index in [9.17, 15) is 23.1 Å². The minimum Gasteiger partial charge on any atom is -0.478 e. The van der Waals surface area contributed by atoms with Gasteiger partial charge in [0.15, 0.2) is 0 Å². The summed E-state index contributed by atoms with van der Waals surface area (Å²) in [5, 5.41) is 18.8. The summed E-state index contributed by atoms with van der Waals surface area (Å²) < 4.78 is 42.7. The molecule has 0 fully saturated rings. The van der Waals surface area contributed by atoms with Gasteiger partial charge in [0.2, 0.25) is 0 Å².